The summed E-state index contributed by atoms with van der Waals surface area (Å²) in [4.78, 5) is 29.5. The largest absolute Gasteiger partial charge is 0.495 e. The zero-order chi connectivity index (χ0) is 20.8. The molecule has 0 bridgehead atoms. The van der Waals surface area contributed by atoms with Gasteiger partial charge in [0.25, 0.3) is 0 Å². The number of pyridine rings is 1. The number of carbonyl (C=O) groups excluding carboxylic acids is 1. The highest BCUT2D eigenvalue weighted by atomic mass is 32.1. The van der Waals surface area contributed by atoms with Gasteiger partial charge in [0.05, 0.1) is 32.0 Å². The van der Waals surface area contributed by atoms with Crippen LogP contribution in [-0.2, 0) is 11.3 Å². The van der Waals surface area contributed by atoms with Crippen molar-refractivity contribution in [1.29, 1.82) is 0 Å². The van der Waals surface area contributed by atoms with Gasteiger partial charge in [0.2, 0.25) is 0 Å². The number of hydrogen-bond acceptors (Lipinski definition) is 6. The maximum absolute atomic E-state index is 12.7. The van der Waals surface area contributed by atoms with Crippen molar-refractivity contribution < 1.29 is 19.4 Å². The Morgan fingerprint density at radius 2 is 2.03 bits per heavy atom. The van der Waals surface area contributed by atoms with E-state index < -0.39 is 6.09 Å². The van der Waals surface area contributed by atoms with E-state index in [0.717, 1.165) is 16.2 Å². The van der Waals surface area contributed by atoms with Crippen LogP contribution in [0, 0.1) is 0 Å². The summed E-state index contributed by atoms with van der Waals surface area (Å²) in [5, 5.41) is 15.6. The van der Waals surface area contributed by atoms with Crippen LogP contribution in [0.15, 0.2) is 60.1 Å². The fraction of sp³-hybridized carbons (Fsp3) is 0.200. The number of aromatic nitrogens is 1. The first kappa shape index (κ1) is 20.3. The summed E-state index contributed by atoms with van der Waals surface area (Å²) >= 11 is 5.46. The number of nitrogens with one attached hydrogen (secondary N) is 2. The highest BCUT2D eigenvalue weighted by Gasteiger charge is 2.31. The van der Waals surface area contributed by atoms with Gasteiger partial charge in [-0.15, -0.1) is 0 Å². The highest BCUT2D eigenvalue weighted by molar-refractivity contribution is 7.81. The summed E-state index contributed by atoms with van der Waals surface area (Å²) in [6.07, 6.45) is 2.05. The number of methoxy groups -OCH3 is 1. The topological polar surface area (TPSA) is 104 Å². The third kappa shape index (κ3) is 4.88. The number of Topliss-reactive ketones (excluding diaryl/α,β-unsaturated/α-hetero) is 1. The maximum Gasteiger partial charge on any atom is 0.408 e. The van der Waals surface area contributed by atoms with Gasteiger partial charge >= 0.3 is 6.09 Å². The van der Waals surface area contributed by atoms with Gasteiger partial charge in [-0.3, -0.25) is 14.7 Å². The molecule has 0 radical (unpaired) electrons. The number of rotatable bonds is 6. The maximum atomic E-state index is 12.7. The van der Waals surface area contributed by atoms with Crippen molar-refractivity contribution in [3.63, 3.8) is 0 Å². The molecule has 0 aliphatic carbocycles. The molecule has 150 valence electrons. The fourth-order valence-electron chi connectivity index (χ4n) is 2.95. The van der Waals surface area contributed by atoms with Crippen LogP contribution in [0.4, 0.5) is 10.5 Å². The number of nitrogens with zero attached hydrogens (tertiary/aromatic N) is 2. The molecule has 29 heavy (non-hydrogen) atoms. The highest BCUT2D eigenvalue weighted by Crippen LogP contribution is 2.20. The van der Waals surface area contributed by atoms with Crippen LogP contribution in [0.2, 0.25) is 0 Å². The van der Waals surface area contributed by atoms with Gasteiger partial charge in [-0.25, -0.2) is 4.79 Å². The minimum atomic E-state index is -1.17. The molecule has 0 atom stereocenters. The Labute approximate surface area is 173 Å². The predicted molar refractivity (Wildman–Crippen MR) is 112 cm³/mol. The summed E-state index contributed by atoms with van der Waals surface area (Å²) in [6, 6.07) is 11.0. The number of ether oxygens (including phenoxy) is 1. The van der Waals surface area contributed by atoms with Gasteiger partial charge in [0.15, 0.2) is 5.78 Å². The van der Waals surface area contributed by atoms with Gasteiger partial charge < -0.3 is 20.5 Å². The van der Waals surface area contributed by atoms with Crippen molar-refractivity contribution >= 4 is 34.8 Å². The summed E-state index contributed by atoms with van der Waals surface area (Å²) in [6.45, 7) is 0.102. The van der Waals surface area contributed by atoms with Crippen molar-refractivity contribution in [3.05, 3.63) is 65.6 Å². The molecule has 9 heteroatoms. The molecule has 8 nitrogen and oxygen atoms in total. The van der Waals surface area contributed by atoms with Gasteiger partial charge in [-0.2, -0.15) is 0 Å². The van der Waals surface area contributed by atoms with E-state index in [4.69, 9.17) is 17.0 Å². The summed E-state index contributed by atoms with van der Waals surface area (Å²) < 4.78 is 5.29. The second-order valence-corrected chi connectivity index (χ2v) is 6.68. The van der Waals surface area contributed by atoms with Gasteiger partial charge in [0, 0.05) is 29.7 Å². The molecule has 0 unspecified atom stereocenters. The number of carbonyl (C=O) groups is 2. The van der Waals surface area contributed by atoms with Gasteiger partial charge in [-0.05, 0) is 18.2 Å². The molecule has 1 aliphatic rings. The van der Waals surface area contributed by atoms with Gasteiger partial charge in [0.1, 0.15) is 10.7 Å². The molecular formula is C20H20N4O4S. The zero-order valence-corrected chi connectivity index (χ0v) is 16.5. The molecule has 2 heterocycles. The smallest absolute Gasteiger partial charge is 0.408 e. The number of para-hydroxylation sites is 1. The van der Waals surface area contributed by atoms with E-state index >= 15 is 0 Å². The molecule has 3 rings (SSSR count). The number of benzene rings is 1. The molecule has 1 aromatic heterocycles. The summed E-state index contributed by atoms with van der Waals surface area (Å²) in [5.74, 6) is 0.223. The van der Waals surface area contributed by atoms with E-state index in [2.05, 4.69) is 15.6 Å². The van der Waals surface area contributed by atoms with Crippen molar-refractivity contribution in [2.45, 2.75) is 6.54 Å². The van der Waals surface area contributed by atoms with Crippen LogP contribution >= 0.6 is 12.2 Å². The lowest BCUT2D eigenvalue weighted by atomic mass is 10.0. The monoisotopic (exact) mass is 412 g/mol. The standard InChI is InChI=1S/C20H20N4O4S/c1-28-17-10-21-8-7-13(17)9-22-15-11-24(20(26)27)12-16(25)18(15)19(29)23-14-5-3-2-4-6-14/h2-8,10,22H,9,11-12H2,1H3,(H,23,29)(H,26,27). The van der Waals surface area contributed by atoms with Crippen molar-refractivity contribution in [2.24, 2.45) is 0 Å². The normalized spacial score (nSPS) is 13.8. The van der Waals surface area contributed by atoms with Crippen LogP contribution in [0.25, 0.3) is 0 Å². The predicted octanol–water partition coefficient (Wildman–Crippen LogP) is 2.44. The van der Waals surface area contributed by atoms with E-state index in [0.29, 0.717) is 18.0 Å². The summed E-state index contributed by atoms with van der Waals surface area (Å²) in [5.41, 5.74) is 2.29. The molecule has 1 amide bonds. The quantitative estimate of drug-likeness (QED) is 0.622. The lowest BCUT2D eigenvalue weighted by Gasteiger charge is -2.29. The van der Waals surface area contributed by atoms with E-state index in [1.807, 2.05) is 30.3 Å². The average Bonchev–Trinajstić information content (AvgIpc) is 2.72. The van der Waals surface area contributed by atoms with E-state index in [1.54, 1.807) is 25.6 Å². The molecule has 1 aromatic carbocycles. The Morgan fingerprint density at radius 1 is 1.28 bits per heavy atom. The first-order chi connectivity index (χ1) is 14.0. The SMILES string of the molecule is COc1cnccc1CNC1=C(C(=S)Nc2ccccc2)C(=O)CN(C(=O)O)C1. The zero-order valence-electron chi connectivity index (χ0n) is 15.7. The fourth-order valence-corrected chi connectivity index (χ4v) is 3.30. The van der Waals surface area contributed by atoms with Crippen LogP contribution in [0.3, 0.4) is 0 Å². The molecule has 1 aliphatic heterocycles. The second-order valence-electron chi connectivity index (χ2n) is 6.28. The molecule has 0 saturated heterocycles. The Bertz CT molecular complexity index is 962. The number of amides is 1. The Hall–Kier alpha value is -3.46. The lowest BCUT2D eigenvalue weighted by molar-refractivity contribution is -0.116. The molecule has 0 saturated carbocycles. The Morgan fingerprint density at radius 3 is 2.72 bits per heavy atom. The minimum Gasteiger partial charge on any atom is -0.495 e. The first-order valence-electron chi connectivity index (χ1n) is 8.81. The van der Waals surface area contributed by atoms with Gasteiger partial charge in [-0.1, -0.05) is 30.4 Å². The Kier molecular flexibility index (Phi) is 6.40. The lowest BCUT2D eigenvalue weighted by Crippen LogP contribution is -2.46. The molecule has 0 fully saturated rings. The van der Waals surface area contributed by atoms with E-state index in [1.165, 1.54) is 0 Å². The average molecular weight is 412 g/mol. The third-order valence-electron chi connectivity index (χ3n) is 4.38. The molecule has 0 spiro atoms. The van der Waals surface area contributed by atoms with Crippen molar-refractivity contribution in [3.8, 4) is 5.75 Å². The van der Waals surface area contributed by atoms with Crippen molar-refractivity contribution in [1.82, 2.24) is 15.2 Å². The molecule has 3 N–H and O–H groups in total. The Balaban J connectivity index is 1.88. The molecular weight excluding hydrogens is 392 g/mol. The van der Waals surface area contributed by atoms with E-state index in [-0.39, 0.29) is 29.4 Å². The summed E-state index contributed by atoms with van der Waals surface area (Å²) in [7, 11) is 1.54. The second kappa shape index (κ2) is 9.16. The number of thiocarbonyl (C=S) groups is 1. The van der Waals surface area contributed by atoms with Crippen LogP contribution < -0.4 is 15.4 Å². The number of anilines is 1. The van der Waals surface area contributed by atoms with Crippen molar-refractivity contribution in [2.75, 3.05) is 25.5 Å². The molecule has 2 aromatic rings. The van der Waals surface area contributed by atoms with E-state index in [9.17, 15) is 14.7 Å². The minimum absolute atomic E-state index is 0.0282. The third-order valence-corrected chi connectivity index (χ3v) is 4.68. The number of ketones is 1. The van der Waals surface area contributed by atoms with Crippen LogP contribution in [0.1, 0.15) is 5.56 Å². The van der Waals surface area contributed by atoms with Crippen LogP contribution in [0.5, 0.6) is 5.75 Å². The van der Waals surface area contributed by atoms with Crippen LogP contribution in [-0.4, -0.2) is 52.1 Å². The first-order valence-corrected chi connectivity index (χ1v) is 9.21. The number of hydrogen-bond donors (Lipinski definition) is 3. The number of carboxylic acid groups (broad SMARTS) is 1.